The fraction of sp³-hybridized carbons (Fsp3) is 0.588. The maximum absolute atomic E-state index is 12.0. The van der Waals surface area contributed by atoms with Gasteiger partial charge < -0.3 is 15.8 Å². The zero-order chi connectivity index (χ0) is 16.0. The zero-order valence-corrected chi connectivity index (χ0v) is 13.8. The van der Waals surface area contributed by atoms with Gasteiger partial charge in [0, 0.05) is 5.69 Å². The van der Waals surface area contributed by atoms with E-state index in [0.29, 0.717) is 12.5 Å². The summed E-state index contributed by atoms with van der Waals surface area (Å²) in [6, 6.07) is 6.84. The minimum absolute atomic E-state index is 0.170. The minimum atomic E-state index is -0.542. The Morgan fingerprint density at radius 1 is 1.24 bits per heavy atom. The molecule has 0 aliphatic rings. The van der Waals surface area contributed by atoms with Gasteiger partial charge in [-0.25, -0.2) is 0 Å². The fourth-order valence-electron chi connectivity index (χ4n) is 1.66. The van der Waals surface area contributed by atoms with Crippen LogP contribution in [0.1, 0.15) is 41.0 Å². The molecule has 1 rings (SSSR count). The Morgan fingerprint density at radius 2 is 1.81 bits per heavy atom. The van der Waals surface area contributed by atoms with Gasteiger partial charge in [0.15, 0.2) is 0 Å². The van der Waals surface area contributed by atoms with Crippen molar-refractivity contribution in [1.29, 1.82) is 0 Å². The summed E-state index contributed by atoms with van der Waals surface area (Å²) in [6.07, 6.45) is 1.03. The molecule has 0 saturated carbocycles. The lowest BCUT2D eigenvalue weighted by Gasteiger charge is -2.25. The van der Waals surface area contributed by atoms with Crippen LogP contribution in [0.15, 0.2) is 24.3 Å². The lowest BCUT2D eigenvalue weighted by molar-refractivity contribution is -0.119. The highest BCUT2D eigenvalue weighted by atomic mass is 16.5. The normalized spacial score (nSPS) is 13.1. The zero-order valence-electron chi connectivity index (χ0n) is 13.8. The first-order valence-corrected chi connectivity index (χ1v) is 7.49. The first-order valence-electron chi connectivity index (χ1n) is 7.49. The van der Waals surface area contributed by atoms with Crippen molar-refractivity contribution < 1.29 is 9.53 Å². The van der Waals surface area contributed by atoms with E-state index in [4.69, 9.17) is 10.5 Å². The number of ether oxygens (including phenoxy) is 1. The molecule has 0 aliphatic heterocycles. The molecule has 0 radical (unpaired) electrons. The molecular formula is C17H28N2O2. The number of anilines is 1. The van der Waals surface area contributed by atoms with Gasteiger partial charge in [-0.2, -0.15) is 0 Å². The van der Waals surface area contributed by atoms with Gasteiger partial charge >= 0.3 is 0 Å². The highest BCUT2D eigenvalue weighted by Crippen LogP contribution is 2.20. The van der Waals surface area contributed by atoms with E-state index >= 15 is 0 Å². The van der Waals surface area contributed by atoms with Crippen LogP contribution in [-0.2, 0) is 4.79 Å². The molecule has 1 atom stereocenters. The van der Waals surface area contributed by atoms with Crippen LogP contribution in [0.5, 0.6) is 5.75 Å². The highest BCUT2D eigenvalue weighted by molar-refractivity contribution is 5.95. The van der Waals surface area contributed by atoms with E-state index in [2.05, 4.69) is 19.2 Å². The van der Waals surface area contributed by atoms with Crippen molar-refractivity contribution >= 4 is 11.6 Å². The second kappa shape index (κ2) is 7.46. The van der Waals surface area contributed by atoms with Crippen LogP contribution in [0.4, 0.5) is 5.69 Å². The number of amides is 1. The molecule has 0 saturated heterocycles. The SMILES string of the molecule is CC(C)CCOc1ccc(NC(=O)[C@@H](N)C(C)(C)C)cc1. The minimum Gasteiger partial charge on any atom is -0.494 e. The summed E-state index contributed by atoms with van der Waals surface area (Å²) in [7, 11) is 0. The summed E-state index contributed by atoms with van der Waals surface area (Å²) < 4.78 is 5.64. The number of carbonyl (C=O) groups is 1. The fourth-order valence-corrected chi connectivity index (χ4v) is 1.66. The van der Waals surface area contributed by atoms with Gasteiger partial charge in [0.2, 0.25) is 5.91 Å². The molecule has 0 bridgehead atoms. The number of hydrogen-bond donors (Lipinski definition) is 2. The molecule has 4 nitrogen and oxygen atoms in total. The van der Waals surface area contributed by atoms with Gasteiger partial charge in [0.25, 0.3) is 0 Å². The van der Waals surface area contributed by atoms with Crippen LogP contribution in [0, 0.1) is 11.3 Å². The van der Waals surface area contributed by atoms with Crippen molar-refractivity contribution in [2.45, 2.75) is 47.1 Å². The maximum atomic E-state index is 12.0. The average molecular weight is 292 g/mol. The Labute approximate surface area is 128 Å². The van der Waals surface area contributed by atoms with Crippen molar-refractivity contribution in [2.24, 2.45) is 17.1 Å². The van der Waals surface area contributed by atoms with E-state index in [0.717, 1.165) is 17.9 Å². The molecule has 0 fully saturated rings. The summed E-state index contributed by atoms with van der Waals surface area (Å²) in [5.74, 6) is 1.27. The van der Waals surface area contributed by atoms with E-state index in [9.17, 15) is 4.79 Å². The summed E-state index contributed by atoms with van der Waals surface area (Å²) in [6.45, 7) is 10.9. The maximum Gasteiger partial charge on any atom is 0.241 e. The van der Waals surface area contributed by atoms with Gasteiger partial charge in [-0.1, -0.05) is 34.6 Å². The molecule has 0 spiro atoms. The van der Waals surface area contributed by atoms with Crippen molar-refractivity contribution in [3.63, 3.8) is 0 Å². The Hall–Kier alpha value is -1.55. The number of carbonyl (C=O) groups excluding carboxylic acids is 1. The smallest absolute Gasteiger partial charge is 0.241 e. The number of rotatable bonds is 6. The van der Waals surface area contributed by atoms with Crippen molar-refractivity contribution in [1.82, 2.24) is 0 Å². The number of nitrogens with two attached hydrogens (primary N) is 1. The molecule has 1 aromatic carbocycles. The van der Waals surface area contributed by atoms with Gasteiger partial charge in [-0.3, -0.25) is 4.79 Å². The Balaban J connectivity index is 2.53. The predicted molar refractivity (Wildman–Crippen MR) is 87.5 cm³/mol. The van der Waals surface area contributed by atoms with Gasteiger partial charge in [0.05, 0.1) is 12.6 Å². The first-order chi connectivity index (χ1) is 9.70. The van der Waals surface area contributed by atoms with E-state index in [-0.39, 0.29) is 11.3 Å². The third-order valence-corrected chi connectivity index (χ3v) is 3.30. The van der Waals surface area contributed by atoms with Crippen molar-refractivity contribution in [2.75, 3.05) is 11.9 Å². The largest absolute Gasteiger partial charge is 0.494 e. The van der Waals surface area contributed by atoms with Crippen molar-refractivity contribution in [3.05, 3.63) is 24.3 Å². The molecule has 1 amide bonds. The standard InChI is InChI=1S/C17H28N2O2/c1-12(2)10-11-21-14-8-6-13(7-9-14)19-16(20)15(18)17(3,4)5/h6-9,12,15H,10-11,18H2,1-5H3,(H,19,20)/t15-/m1/s1. The van der Waals surface area contributed by atoms with Gasteiger partial charge in [0.1, 0.15) is 5.75 Å². The summed E-state index contributed by atoms with van der Waals surface area (Å²) in [4.78, 5) is 12.0. The molecule has 1 aromatic rings. The molecule has 0 aromatic heterocycles. The predicted octanol–water partition coefficient (Wildman–Crippen LogP) is 3.42. The molecule has 3 N–H and O–H groups in total. The lowest BCUT2D eigenvalue weighted by Crippen LogP contribution is -2.45. The van der Waals surface area contributed by atoms with Crippen LogP contribution >= 0.6 is 0 Å². The average Bonchev–Trinajstić information content (AvgIpc) is 2.38. The Morgan fingerprint density at radius 3 is 2.29 bits per heavy atom. The monoisotopic (exact) mass is 292 g/mol. The highest BCUT2D eigenvalue weighted by Gasteiger charge is 2.27. The Kier molecular flexibility index (Phi) is 6.21. The van der Waals surface area contributed by atoms with E-state index in [1.807, 2.05) is 45.0 Å². The molecule has 0 aliphatic carbocycles. The Bertz CT molecular complexity index is 447. The van der Waals surface area contributed by atoms with Gasteiger partial charge in [-0.15, -0.1) is 0 Å². The van der Waals surface area contributed by atoms with Gasteiger partial charge in [-0.05, 0) is 42.0 Å². The van der Waals surface area contributed by atoms with Crippen LogP contribution < -0.4 is 15.8 Å². The van der Waals surface area contributed by atoms with Crippen LogP contribution in [0.2, 0.25) is 0 Å². The number of nitrogens with one attached hydrogen (secondary N) is 1. The summed E-state index contributed by atoms with van der Waals surface area (Å²) in [5.41, 5.74) is 6.40. The number of benzene rings is 1. The lowest BCUT2D eigenvalue weighted by atomic mass is 9.87. The summed E-state index contributed by atoms with van der Waals surface area (Å²) >= 11 is 0. The molecule has 21 heavy (non-hydrogen) atoms. The van der Waals surface area contributed by atoms with E-state index < -0.39 is 6.04 Å². The van der Waals surface area contributed by atoms with Crippen molar-refractivity contribution in [3.8, 4) is 5.75 Å². The summed E-state index contributed by atoms with van der Waals surface area (Å²) in [5, 5.41) is 2.83. The first kappa shape index (κ1) is 17.5. The van der Waals surface area contributed by atoms with E-state index in [1.54, 1.807) is 0 Å². The van der Waals surface area contributed by atoms with E-state index in [1.165, 1.54) is 0 Å². The third-order valence-electron chi connectivity index (χ3n) is 3.30. The topological polar surface area (TPSA) is 64.3 Å². The molecule has 4 heteroatoms. The number of hydrogen-bond acceptors (Lipinski definition) is 3. The van der Waals surface area contributed by atoms with Crippen LogP contribution in [0.3, 0.4) is 0 Å². The third kappa shape index (κ3) is 6.17. The molecule has 0 unspecified atom stereocenters. The van der Waals surface area contributed by atoms with Crippen LogP contribution in [-0.4, -0.2) is 18.6 Å². The molecule has 0 heterocycles. The quantitative estimate of drug-likeness (QED) is 0.844. The molecule has 118 valence electrons. The second-order valence-corrected chi connectivity index (χ2v) is 6.89. The van der Waals surface area contributed by atoms with Crippen LogP contribution in [0.25, 0.3) is 0 Å². The second-order valence-electron chi connectivity index (χ2n) is 6.89. The molecular weight excluding hydrogens is 264 g/mol.